The average Bonchev–Trinajstić information content (AvgIpc) is 3.15. The molecule has 3 amide bonds. The summed E-state index contributed by atoms with van der Waals surface area (Å²) in [6, 6.07) is 5.66. The molecule has 0 bridgehead atoms. The van der Waals surface area contributed by atoms with E-state index in [2.05, 4.69) is 20.6 Å². The Hall–Kier alpha value is -3.70. The number of rotatable bonds is 3. The molecule has 5 rings (SSSR count). The Morgan fingerprint density at radius 2 is 1.97 bits per heavy atom. The number of aromatic nitrogens is 4. The Morgan fingerprint density at radius 3 is 2.70 bits per heavy atom. The van der Waals surface area contributed by atoms with E-state index in [1.165, 1.54) is 4.90 Å². The van der Waals surface area contributed by atoms with Crippen LogP contribution in [-0.4, -0.2) is 67.7 Å². The fourth-order valence-corrected chi connectivity index (χ4v) is 4.60. The number of alkyl halides is 3. The number of fused-ring (bicyclic) bond motifs is 1. The van der Waals surface area contributed by atoms with Gasteiger partial charge in [-0.3, -0.25) is 10.1 Å². The summed E-state index contributed by atoms with van der Waals surface area (Å²) < 4.78 is 40.1. The maximum Gasteiger partial charge on any atom is 0.418 e. The predicted molar refractivity (Wildman–Crippen MR) is 110 cm³/mol. The van der Waals surface area contributed by atoms with Crippen LogP contribution in [0, 0.1) is 5.41 Å². The summed E-state index contributed by atoms with van der Waals surface area (Å²) >= 11 is 0. The van der Waals surface area contributed by atoms with E-state index in [9.17, 15) is 22.8 Å². The number of hydrogen-bond acceptors (Lipinski definition) is 5. The molecule has 3 aromatic rings. The Kier molecular flexibility index (Phi) is 4.76. The number of halogens is 3. The quantitative estimate of drug-likeness (QED) is 0.650. The monoisotopic (exact) mass is 459 g/mol. The van der Waals surface area contributed by atoms with Crippen molar-refractivity contribution >= 4 is 23.3 Å². The van der Waals surface area contributed by atoms with Crippen LogP contribution in [0.25, 0.3) is 5.52 Å². The van der Waals surface area contributed by atoms with Crippen molar-refractivity contribution in [2.24, 2.45) is 5.41 Å². The van der Waals surface area contributed by atoms with Gasteiger partial charge in [0.1, 0.15) is 0 Å². The molecule has 0 atom stereocenters. The second kappa shape index (κ2) is 7.42. The van der Waals surface area contributed by atoms with Gasteiger partial charge >= 0.3 is 12.2 Å². The van der Waals surface area contributed by atoms with E-state index in [-0.39, 0.29) is 23.2 Å². The lowest BCUT2D eigenvalue weighted by Gasteiger charge is -2.60. The molecule has 1 N–H and O–H groups in total. The lowest BCUT2D eigenvalue weighted by molar-refractivity contribution is -0.137. The van der Waals surface area contributed by atoms with E-state index in [1.54, 1.807) is 28.9 Å². The molecule has 172 valence electrons. The Balaban J connectivity index is 1.15. The minimum Gasteiger partial charge on any atom is -0.337 e. The highest BCUT2D eigenvalue weighted by Gasteiger charge is 2.55. The third-order valence-electron chi connectivity index (χ3n) is 6.42. The van der Waals surface area contributed by atoms with Crippen LogP contribution in [0.4, 0.5) is 23.8 Å². The Morgan fingerprint density at radius 1 is 1.21 bits per heavy atom. The predicted octanol–water partition coefficient (Wildman–Crippen LogP) is 2.91. The van der Waals surface area contributed by atoms with Gasteiger partial charge in [0, 0.05) is 37.8 Å². The Bertz CT molecular complexity index is 1230. The minimum absolute atomic E-state index is 0.0339. The third-order valence-corrected chi connectivity index (χ3v) is 6.42. The number of urea groups is 1. The average molecular weight is 459 g/mol. The van der Waals surface area contributed by atoms with Gasteiger partial charge in [-0.1, -0.05) is 6.07 Å². The summed E-state index contributed by atoms with van der Waals surface area (Å²) in [5, 5.41) is 13.4. The smallest absolute Gasteiger partial charge is 0.337 e. The highest BCUT2D eigenvalue weighted by molar-refractivity contribution is 6.01. The van der Waals surface area contributed by atoms with E-state index in [1.807, 2.05) is 18.2 Å². The van der Waals surface area contributed by atoms with Crippen molar-refractivity contribution in [2.45, 2.75) is 25.1 Å². The number of hydrogen-bond donors (Lipinski definition) is 1. The summed E-state index contributed by atoms with van der Waals surface area (Å²) in [5.74, 6) is -0.330. The summed E-state index contributed by atoms with van der Waals surface area (Å²) in [7, 11) is 1.59. The molecule has 0 radical (unpaired) electrons. The number of carbonyl (C=O) groups is 2. The number of pyridine rings is 1. The van der Waals surface area contributed by atoms with Crippen molar-refractivity contribution in [1.82, 2.24) is 29.6 Å². The van der Waals surface area contributed by atoms with Crippen LogP contribution in [0.15, 0.2) is 42.9 Å². The Labute approximate surface area is 186 Å². The number of likely N-dealkylation sites (tertiary alicyclic amines) is 1. The van der Waals surface area contributed by atoms with E-state index >= 15 is 0 Å². The van der Waals surface area contributed by atoms with Crippen LogP contribution in [0.5, 0.6) is 0 Å². The first-order chi connectivity index (χ1) is 15.7. The fourth-order valence-electron chi connectivity index (χ4n) is 4.60. The van der Waals surface area contributed by atoms with E-state index in [4.69, 9.17) is 0 Å². The lowest BCUT2D eigenvalue weighted by Crippen LogP contribution is -2.67. The molecule has 33 heavy (non-hydrogen) atoms. The largest absolute Gasteiger partial charge is 0.418 e. The molecule has 2 fully saturated rings. The molecule has 1 aliphatic heterocycles. The van der Waals surface area contributed by atoms with Gasteiger partial charge in [-0.05, 0) is 31.0 Å². The molecular formula is C21H20F3N7O2. The van der Waals surface area contributed by atoms with Crippen molar-refractivity contribution < 1.29 is 22.8 Å². The molecule has 1 saturated carbocycles. The van der Waals surface area contributed by atoms with Crippen molar-refractivity contribution in [3.8, 4) is 0 Å². The highest BCUT2D eigenvalue weighted by Crippen LogP contribution is 2.50. The molecule has 1 saturated heterocycles. The van der Waals surface area contributed by atoms with Gasteiger partial charge in [0.05, 0.1) is 29.0 Å². The summed E-state index contributed by atoms with van der Waals surface area (Å²) in [5.41, 5.74) is 0.293. The van der Waals surface area contributed by atoms with Crippen LogP contribution in [0.2, 0.25) is 0 Å². The SMILES string of the molecule is CN(C(=O)Nc1cc(C(F)(F)F)cnn1)C1CC2(C1)CN(C(=O)c1cnn3ccccc13)C2. The van der Waals surface area contributed by atoms with Crippen LogP contribution in [0.3, 0.4) is 0 Å². The number of nitrogens with zero attached hydrogens (tertiary/aromatic N) is 6. The van der Waals surface area contributed by atoms with Gasteiger partial charge < -0.3 is 9.80 Å². The first kappa shape index (κ1) is 21.2. The van der Waals surface area contributed by atoms with Gasteiger partial charge in [-0.15, -0.1) is 5.10 Å². The van der Waals surface area contributed by atoms with E-state index < -0.39 is 17.8 Å². The normalized spacial score (nSPS) is 17.5. The number of nitrogens with one attached hydrogen (secondary N) is 1. The molecule has 1 aliphatic carbocycles. The fraction of sp³-hybridized carbons (Fsp3) is 0.381. The van der Waals surface area contributed by atoms with Crippen molar-refractivity contribution in [3.63, 3.8) is 0 Å². The zero-order valence-corrected chi connectivity index (χ0v) is 17.6. The van der Waals surface area contributed by atoms with Crippen LogP contribution in [0.1, 0.15) is 28.8 Å². The van der Waals surface area contributed by atoms with Crippen LogP contribution >= 0.6 is 0 Å². The number of carbonyl (C=O) groups excluding carboxylic acids is 2. The van der Waals surface area contributed by atoms with E-state index in [0.717, 1.165) is 11.6 Å². The van der Waals surface area contributed by atoms with E-state index in [0.29, 0.717) is 37.7 Å². The first-order valence-electron chi connectivity index (χ1n) is 10.3. The van der Waals surface area contributed by atoms with Gasteiger partial charge in [0.15, 0.2) is 5.82 Å². The van der Waals surface area contributed by atoms with Gasteiger partial charge in [0.25, 0.3) is 5.91 Å². The topological polar surface area (TPSA) is 95.7 Å². The second-order valence-corrected chi connectivity index (χ2v) is 8.68. The summed E-state index contributed by atoms with van der Waals surface area (Å²) in [6.45, 7) is 1.20. The molecule has 0 unspecified atom stereocenters. The first-order valence-corrected chi connectivity index (χ1v) is 10.3. The van der Waals surface area contributed by atoms with Gasteiger partial charge in [0.2, 0.25) is 0 Å². The number of anilines is 1. The van der Waals surface area contributed by atoms with Gasteiger partial charge in [-0.25, -0.2) is 9.31 Å². The minimum atomic E-state index is -4.57. The van der Waals surface area contributed by atoms with Crippen LogP contribution < -0.4 is 5.32 Å². The van der Waals surface area contributed by atoms with Crippen molar-refractivity contribution in [3.05, 3.63) is 54.0 Å². The maximum absolute atomic E-state index is 12.9. The summed E-state index contributed by atoms with van der Waals surface area (Å²) in [6.07, 6.45) is 0.810. The molecule has 2 aliphatic rings. The maximum atomic E-state index is 12.9. The molecular weight excluding hydrogens is 439 g/mol. The zero-order chi connectivity index (χ0) is 23.4. The van der Waals surface area contributed by atoms with Crippen molar-refractivity contribution in [2.75, 3.05) is 25.5 Å². The van der Waals surface area contributed by atoms with Gasteiger partial charge in [-0.2, -0.15) is 23.4 Å². The standard InChI is InChI=1S/C21H20F3N7O2/c1-29(19(33)27-17-6-13(9-25-28-17)21(22,23)24)14-7-20(8-14)11-30(12-20)18(32)15-10-26-31-5-3-2-4-16(15)31/h2-6,9-10,14H,7-8,11-12H2,1H3,(H,27,28,33). The number of amides is 3. The molecule has 12 heteroatoms. The second-order valence-electron chi connectivity index (χ2n) is 8.68. The molecule has 4 heterocycles. The van der Waals surface area contributed by atoms with Crippen LogP contribution in [-0.2, 0) is 6.18 Å². The molecule has 1 spiro atoms. The highest BCUT2D eigenvalue weighted by atomic mass is 19.4. The zero-order valence-electron chi connectivity index (χ0n) is 17.6. The summed E-state index contributed by atoms with van der Waals surface area (Å²) in [4.78, 5) is 28.6. The molecule has 3 aromatic heterocycles. The lowest BCUT2D eigenvalue weighted by atomic mass is 9.60. The molecule has 9 nitrogen and oxygen atoms in total. The molecule has 0 aromatic carbocycles. The van der Waals surface area contributed by atoms with Crippen molar-refractivity contribution in [1.29, 1.82) is 0 Å². The third kappa shape index (κ3) is 3.74.